The average molecular weight is 403 g/mol. The number of phenols is 1. The van der Waals surface area contributed by atoms with E-state index in [1.54, 1.807) is 13.8 Å². The lowest BCUT2D eigenvalue weighted by Crippen LogP contribution is -2.11. The first-order valence-corrected chi connectivity index (χ1v) is 9.52. The van der Waals surface area contributed by atoms with E-state index in [0.717, 1.165) is 0 Å². The van der Waals surface area contributed by atoms with Crippen LogP contribution in [-0.4, -0.2) is 24.6 Å². The van der Waals surface area contributed by atoms with Crippen LogP contribution in [0.25, 0.3) is 0 Å². The standard InChI is InChI=1S/C17H16Cl2O5S/c1-8(2)11-7-14(9(3)15(16(11)20)17(21)22)25(23,24)13-5-4-10(18)6-12(13)19/h4-8,20H,1-3H3,(H,21,22). The maximum atomic E-state index is 13.0. The predicted octanol–water partition coefficient (Wildman–Crippen LogP) is 4.66. The molecule has 0 spiro atoms. The van der Waals surface area contributed by atoms with Gasteiger partial charge in [0.05, 0.1) is 14.8 Å². The minimum atomic E-state index is -4.11. The van der Waals surface area contributed by atoms with Crippen molar-refractivity contribution in [3.05, 3.63) is 51.0 Å². The molecule has 2 rings (SSSR count). The molecule has 0 aromatic heterocycles. The highest BCUT2D eigenvalue weighted by Gasteiger charge is 2.29. The maximum Gasteiger partial charge on any atom is 0.339 e. The first-order valence-electron chi connectivity index (χ1n) is 7.28. The SMILES string of the molecule is Cc1c(S(=O)(=O)c2ccc(Cl)cc2Cl)cc(C(C)C)c(O)c1C(=O)O. The molecule has 2 aromatic rings. The van der Waals surface area contributed by atoms with Gasteiger partial charge in [-0.05, 0) is 48.2 Å². The summed E-state index contributed by atoms with van der Waals surface area (Å²) in [6, 6.07) is 5.24. The number of benzene rings is 2. The number of aromatic hydroxyl groups is 1. The van der Waals surface area contributed by atoms with Gasteiger partial charge in [0.2, 0.25) is 9.84 Å². The predicted molar refractivity (Wildman–Crippen MR) is 95.8 cm³/mol. The molecule has 0 saturated carbocycles. The Morgan fingerprint density at radius 3 is 2.20 bits per heavy atom. The molecular weight excluding hydrogens is 387 g/mol. The summed E-state index contributed by atoms with van der Waals surface area (Å²) in [6.07, 6.45) is 0. The highest BCUT2D eigenvalue weighted by Crippen LogP contribution is 2.39. The normalized spacial score (nSPS) is 11.8. The van der Waals surface area contributed by atoms with Gasteiger partial charge in [0.15, 0.2) is 0 Å². The Bertz CT molecular complexity index is 965. The van der Waals surface area contributed by atoms with Crippen molar-refractivity contribution in [2.75, 3.05) is 0 Å². The van der Waals surface area contributed by atoms with Crippen LogP contribution in [0, 0.1) is 6.92 Å². The van der Waals surface area contributed by atoms with Gasteiger partial charge in [-0.1, -0.05) is 37.0 Å². The molecule has 0 aliphatic heterocycles. The lowest BCUT2D eigenvalue weighted by Gasteiger charge is -2.17. The Hall–Kier alpha value is -1.76. The second kappa shape index (κ2) is 6.86. The lowest BCUT2D eigenvalue weighted by atomic mass is 9.96. The van der Waals surface area contributed by atoms with Crippen LogP contribution >= 0.6 is 23.2 Å². The molecule has 0 radical (unpaired) electrons. The van der Waals surface area contributed by atoms with Crippen LogP contribution in [-0.2, 0) is 9.84 Å². The molecule has 0 fully saturated rings. The highest BCUT2D eigenvalue weighted by molar-refractivity contribution is 7.91. The van der Waals surface area contributed by atoms with E-state index in [0.29, 0.717) is 0 Å². The lowest BCUT2D eigenvalue weighted by molar-refractivity contribution is 0.0692. The molecule has 0 atom stereocenters. The van der Waals surface area contributed by atoms with Crippen LogP contribution in [0.4, 0.5) is 0 Å². The molecule has 0 bridgehead atoms. The molecule has 0 aliphatic carbocycles. The van der Waals surface area contributed by atoms with Crippen LogP contribution in [0.3, 0.4) is 0 Å². The van der Waals surface area contributed by atoms with Crippen LogP contribution in [0.1, 0.15) is 41.3 Å². The van der Waals surface area contributed by atoms with E-state index >= 15 is 0 Å². The third-order valence-corrected chi connectivity index (χ3v) is 6.45. The van der Waals surface area contributed by atoms with Gasteiger partial charge >= 0.3 is 5.97 Å². The topological polar surface area (TPSA) is 91.7 Å². The van der Waals surface area contributed by atoms with Gasteiger partial charge in [0.25, 0.3) is 0 Å². The van der Waals surface area contributed by atoms with Gasteiger partial charge in [0.1, 0.15) is 11.3 Å². The van der Waals surface area contributed by atoms with Crippen LogP contribution in [0.2, 0.25) is 10.0 Å². The summed E-state index contributed by atoms with van der Waals surface area (Å²) in [5.74, 6) is -2.12. The number of carbonyl (C=O) groups is 1. The fourth-order valence-electron chi connectivity index (χ4n) is 2.56. The Morgan fingerprint density at radius 2 is 1.72 bits per heavy atom. The first-order chi connectivity index (χ1) is 11.5. The molecule has 2 aromatic carbocycles. The number of hydrogen-bond acceptors (Lipinski definition) is 4. The summed E-state index contributed by atoms with van der Waals surface area (Å²) < 4.78 is 26.1. The molecule has 0 saturated heterocycles. The van der Waals surface area contributed by atoms with E-state index in [1.165, 1.54) is 31.2 Å². The molecule has 0 heterocycles. The van der Waals surface area contributed by atoms with Gasteiger partial charge < -0.3 is 10.2 Å². The van der Waals surface area contributed by atoms with Crippen molar-refractivity contribution in [2.24, 2.45) is 0 Å². The smallest absolute Gasteiger partial charge is 0.339 e. The quantitative estimate of drug-likeness (QED) is 0.775. The van der Waals surface area contributed by atoms with E-state index in [9.17, 15) is 23.4 Å². The first kappa shape index (κ1) is 19.6. The van der Waals surface area contributed by atoms with Crippen molar-refractivity contribution < 1.29 is 23.4 Å². The number of sulfone groups is 1. The van der Waals surface area contributed by atoms with Crippen molar-refractivity contribution in [1.82, 2.24) is 0 Å². The molecule has 0 amide bonds. The third kappa shape index (κ3) is 3.47. The van der Waals surface area contributed by atoms with Gasteiger partial charge in [-0.25, -0.2) is 13.2 Å². The molecule has 5 nitrogen and oxygen atoms in total. The number of aromatic carboxylic acids is 1. The van der Waals surface area contributed by atoms with E-state index in [-0.39, 0.29) is 36.9 Å². The van der Waals surface area contributed by atoms with Crippen molar-refractivity contribution in [3.8, 4) is 5.75 Å². The monoisotopic (exact) mass is 402 g/mol. The Kier molecular flexibility index (Phi) is 5.37. The van der Waals surface area contributed by atoms with E-state index in [4.69, 9.17) is 23.2 Å². The average Bonchev–Trinajstić information content (AvgIpc) is 2.45. The Balaban J connectivity index is 2.88. The van der Waals surface area contributed by atoms with Crippen LogP contribution in [0.5, 0.6) is 5.75 Å². The largest absolute Gasteiger partial charge is 0.507 e. The zero-order valence-corrected chi connectivity index (χ0v) is 16.0. The maximum absolute atomic E-state index is 13.0. The molecule has 2 N–H and O–H groups in total. The summed E-state index contributed by atoms with van der Waals surface area (Å²) in [7, 11) is -4.11. The van der Waals surface area contributed by atoms with Gasteiger partial charge in [0, 0.05) is 5.02 Å². The van der Waals surface area contributed by atoms with Crippen molar-refractivity contribution in [1.29, 1.82) is 0 Å². The summed E-state index contributed by atoms with van der Waals surface area (Å²) in [6.45, 7) is 4.79. The number of halogens is 2. The molecule has 25 heavy (non-hydrogen) atoms. The van der Waals surface area contributed by atoms with E-state index in [2.05, 4.69) is 0 Å². The fourth-order valence-corrected chi connectivity index (χ4v) is 4.86. The van der Waals surface area contributed by atoms with Crippen molar-refractivity contribution in [3.63, 3.8) is 0 Å². The molecule has 0 unspecified atom stereocenters. The molecule has 134 valence electrons. The van der Waals surface area contributed by atoms with Crippen molar-refractivity contribution >= 4 is 39.0 Å². The molecule has 0 aliphatic rings. The summed E-state index contributed by atoms with van der Waals surface area (Å²) in [5, 5.41) is 19.9. The molecular formula is C17H16Cl2O5S. The minimum absolute atomic E-state index is 0.0552. The van der Waals surface area contributed by atoms with Crippen molar-refractivity contribution in [2.45, 2.75) is 36.5 Å². The number of carboxylic acids is 1. The second-order valence-corrected chi connectivity index (χ2v) is 8.58. The number of rotatable bonds is 4. The summed E-state index contributed by atoms with van der Waals surface area (Å²) in [4.78, 5) is 11.2. The fraction of sp³-hybridized carbons (Fsp3) is 0.235. The zero-order valence-electron chi connectivity index (χ0n) is 13.7. The van der Waals surface area contributed by atoms with Gasteiger partial charge in [-0.3, -0.25) is 0 Å². The Morgan fingerprint density at radius 1 is 1.12 bits per heavy atom. The van der Waals surface area contributed by atoms with Gasteiger partial charge in [-0.15, -0.1) is 0 Å². The number of carboxylic acid groups (broad SMARTS) is 1. The van der Waals surface area contributed by atoms with E-state index < -0.39 is 27.1 Å². The van der Waals surface area contributed by atoms with Crippen LogP contribution in [0.15, 0.2) is 34.1 Å². The highest BCUT2D eigenvalue weighted by atomic mass is 35.5. The van der Waals surface area contributed by atoms with E-state index in [1.807, 2.05) is 0 Å². The Labute approximate surface area is 155 Å². The number of hydrogen-bond donors (Lipinski definition) is 2. The summed E-state index contributed by atoms with van der Waals surface area (Å²) in [5.41, 5.74) is -0.262. The zero-order chi connectivity index (χ0) is 19.1. The van der Waals surface area contributed by atoms with Gasteiger partial charge in [-0.2, -0.15) is 0 Å². The van der Waals surface area contributed by atoms with Crippen LogP contribution < -0.4 is 0 Å². The minimum Gasteiger partial charge on any atom is -0.507 e. The third-order valence-electron chi connectivity index (χ3n) is 3.85. The molecule has 8 heteroatoms. The second-order valence-electron chi connectivity index (χ2n) is 5.85. The summed E-state index contributed by atoms with van der Waals surface area (Å²) >= 11 is 11.8.